The van der Waals surface area contributed by atoms with E-state index in [1.54, 1.807) is 6.07 Å². The van der Waals surface area contributed by atoms with Crippen molar-refractivity contribution in [3.8, 4) is 11.4 Å². The number of hydrogen-bond acceptors (Lipinski definition) is 3. The van der Waals surface area contributed by atoms with Crippen LogP contribution in [0.5, 0.6) is 0 Å². The predicted molar refractivity (Wildman–Crippen MR) is 93.3 cm³/mol. The minimum absolute atomic E-state index is 0.366. The summed E-state index contributed by atoms with van der Waals surface area (Å²) in [4.78, 5) is 8.83. The molecule has 2 nitrogen and oxygen atoms in total. The van der Waals surface area contributed by atoms with E-state index >= 15 is 0 Å². The first-order valence-corrected chi connectivity index (χ1v) is 8.77. The molecule has 0 N–H and O–H groups in total. The molecule has 0 unspecified atom stereocenters. The summed E-state index contributed by atoms with van der Waals surface area (Å²) in [5.41, 5.74) is 1.40. The molecule has 0 amide bonds. The fourth-order valence-electron chi connectivity index (χ4n) is 1.73. The molecule has 2 heterocycles. The van der Waals surface area contributed by atoms with Gasteiger partial charge in [0.1, 0.15) is 9.49 Å². The van der Waals surface area contributed by atoms with Gasteiger partial charge < -0.3 is 0 Å². The SMILES string of the molecule is Clc1cc(-c2nc(Cl)c3cc(Br)cc(Br)c3n2)c(Cl)s1. The Morgan fingerprint density at radius 1 is 1.00 bits per heavy atom. The van der Waals surface area contributed by atoms with Gasteiger partial charge in [-0.3, -0.25) is 0 Å². The van der Waals surface area contributed by atoms with Gasteiger partial charge in [-0.15, -0.1) is 11.3 Å². The number of fused-ring (bicyclic) bond motifs is 1. The van der Waals surface area contributed by atoms with Crippen molar-refractivity contribution >= 4 is 88.9 Å². The van der Waals surface area contributed by atoms with E-state index in [1.807, 2.05) is 12.1 Å². The van der Waals surface area contributed by atoms with Crippen LogP contribution in [0.3, 0.4) is 0 Å². The van der Waals surface area contributed by atoms with Crippen LogP contribution >= 0.6 is 78.0 Å². The third kappa shape index (κ3) is 2.72. The summed E-state index contributed by atoms with van der Waals surface area (Å²) in [6.07, 6.45) is 0. The van der Waals surface area contributed by atoms with Crippen LogP contribution in [-0.4, -0.2) is 9.97 Å². The lowest BCUT2D eigenvalue weighted by Gasteiger charge is -2.06. The van der Waals surface area contributed by atoms with Crippen molar-refractivity contribution in [1.82, 2.24) is 9.97 Å². The number of benzene rings is 1. The average Bonchev–Trinajstić information content (AvgIpc) is 2.69. The number of hydrogen-bond donors (Lipinski definition) is 0. The predicted octanol–water partition coefficient (Wildman–Crippen LogP) is 6.84. The zero-order valence-corrected chi connectivity index (χ0v) is 15.7. The van der Waals surface area contributed by atoms with Crippen LogP contribution in [0.4, 0.5) is 0 Å². The Morgan fingerprint density at radius 2 is 1.75 bits per heavy atom. The van der Waals surface area contributed by atoms with E-state index in [9.17, 15) is 0 Å². The van der Waals surface area contributed by atoms with Gasteiger partial charge in [0.05, 0.1) is 15.4 Å². The average molecular weight is 473 g/mol. The molecule has 1 aromatic carbocycles. The Labute approximate surface area is 150 Å². The molecule has 3 aromatic rings. The number of halogens is 5. The largest absolute Gasteiger partial charge is 0.227 e. The van der Waals surface area contributed by atoms with Crippen molar-refractivity contribution in [2.45, 2.75) is 0 Å². The first kappa shape index (κ1) is 15.0. The van der Waals surface area contributed by atoms with Gasteiger partial charge in [-0.2, -0.15) is 0 Å². The Bertz CT molecular complexity index is 835. The van der Waals surface area contributed by atoms with Crippen molar-refractivity contribution in [3.05, 3.63) is 41.0 Å². The lowest BCUT2D eigenvalue weighted by Crippen LogP contribution is -1.92. The van der Waals surface area contributed by atoms with Gasteiger partial charge in [0.25, 0.3) is 0 Å². The highest BCUT2D eigenvalue weighted by atomic mass is 79.9. The van der Waals surface area contributed by atoms with Gasteiger partial charge >= 0.3 is 0 Å². The first-order valence-electron chi connectivity index (χ1n) is 5.23. The second-order valence-electron chi connectivity index (χ2n) is 3.86. The molecule has 8 heteroatoms. The summed E-state index contributed by atoms with van der Waals surface area (Å²) in [5.74, 6) is 0.457. The van der Waals surface area contributed by atoms with Gasteiger partial charge in [0.15, 0.2) is 5.82 Å². The van der Waals surface area contributed by atoms with E-state index in [-0.39, 0.29) is 0 Å². The fraction of sp³-hybridized carbons (Fsp3) is 0. The van der Waals surface area contributed by atoms with Crippen molar-refractivity contribution in [1.29, 1.82) is 0 Å². The number of aromatic nitrogens is 2. The Hall–Kier alpha value is 0.0900. The van der Waals surface area contributed by atoms with E-state index < -0.39 is 0 Å². The molecule has 0 fully saturated rings. The standard InChI is InChI=1S/C12H3Br2Cl3N2S/c13-4-1-5-9(7(14)2-4)18-12(19-10(5)16)6-3-8(15)20-11(6)17/h1-3H. The van der Waals surface area contributed by atoms with Gasteiger partial charge in [0, 0.05) is 14.3 Å². The topological polar surface area (TPSA) is 25.8 Å². The molecule has 2 aromatic heterocycles. The molecule has 0 aliphatic rings. The third-order valence-electron chi connectivity index (χ3n) is 2.57. The Kier molecular flexibility index (Phi) is 4.28. The van der Waals surface area contributed by atoms with E-state index in [4.69, 9.17) is 34.8 Å². The van der Waals surface area contributed by atoms with Crippen LogP contribution in [-0.2, 0) is 0 Å². The van der Waals surface area contributed by atoms with E-state index in [0.717, 1.165) is 19.8 Å². The summed E-state index contributed by atoms with van der Waals surface area (Å²) in [7, 11) is 0. The lowest BCUT2D eigenvalue weighted by molar-refractivity contribution is 1.23. The van der Waals surface area contributed by atoms with Crippen molar-refractivity contribution in [2.24, 2.45) is 0 Å². The molecule has 20 heavy (non-hydrogen) atoms. The molecule has 102 valence electrons. The highest BCUT2D eigenvalue weighted by Crippen LogP contribution is 2.39. The molecule has 0 atom stereocenters. The fourth-order valence-corrected chi connectivity index (χ4v) is 4.73. The maximum atomic E-state index is 6.25. The van der Waals surface area contributed by atoms with E-state index in [1.165, 1.54) is 11.3 Å². The lowest BCUT2D eigenvalue weighted by atomic mass is 10.2. The normalized spacial score (nSPS) is 11.2. The van der Waals surface area contributed by atoms with Crippen LogP contribution in [0.1, 0.15) is 0 Å². The highest BCUT2D eigenvalue weighted by molar-refractivity contribution is 9.11. The molecule has 3 rings (SSSR count). The maximum Gasteiger partial charge on any atom is 0.163 e. The van der Waals surface area contributed by atoms with Crippen LogP contribution in [0, 0.1) is 0 Å². The smallest absolute Gasteiger partial charge is 0.163 e. The van der Waals surface area contributed by atoms with Crippen molar-refractivity contribution in [2.75, 3.05) is 0 Å². The van der Waals surface area contributed by atoms with E-state index in [0.29, 0.717) is 25.2 Å². The number of nitrogens with zero attached hydrogens (tertiary/aromatic N) is 2. The van der Waals surface area contributed by atoms with Gasteiger partial charge in [0.2, 0.25) is 0 Å². The van der Waals surface area contributed by atoms with E-state index in [2.05, 4.69) is 41.8 Å². The molecule has 0 saturated heterocycles. The second kappa shape index (κ2) is 5.71. The van der Waals surface area contributed by atoms with Gasteiger partial charge in [-0.1, -0.05) is 50.7 Å². The molecular weight excluding hydrogens is 470 g/mol. The molecule has 0 aliphatic heterocycles. The molecule has 0 saturated carbocycles. The summed E-state index contributed by atoms with van der Waals surface area (Å²) in [5, 5.41) is 1.12. The quantitative estimate of drug-likeness (QED) is 0.362. The highest BCUT2D eigenvalue weighted by Gasteiger charge is 2.15. The van der Waals surface area contributed by atoms with Gasteiger partial charge in [-0.05, 0) is 34.1 Å². The number of thiophene rings is 1. The zero-order valence-electron chi connectivity index (χ0n) is 9.42. The summed E-state index contributed by atoms with van der Waals surface area (Å²) in [6, 6.07) is 5.50. The van der Waals surface area contributed by atoms with Crippen LogP contribution in [0.15, 0.2) is 27.1 Å². The van der Waals surface area contributed by atoms with Crippen LogP contribution in [0.25, 0.3) is 22.3 Å². The Balaban J connectivity index is 2.32. The van der Waals surface area contributed by atoms with Crippen LogP contribution < -0.4 is 0 Å². The minimum atomic E-state index is 0.366. The minimum Gasteiger partial charge on any atom is -0.227 e. The molecule has 0 radical (unpaired) electrons. The first-order chi connectivity index (χ1) is 9.45. The van der Waals surface area contributed by atoms with Crippen molar-refractivity contribution < 1.29 is 0 Å². The zero-order chi connectivity index (χ0) is 14.4. The summed E-state index contributed by atoms with van der Waals surface area (Å²) < 4.78 is 2.84. The summed E-state index contributed by atoms with van der Waals surface area (Å²) in [6.45, 7) is 0. The van der Waals surface area contributed by atoms with Crippen molar-refractivity contribution in [3.63, 3.8) is 0 Å². The molecule has 0 bridgehead atoms. The molecule has 0 aliphatic carbocycles. The molecule has 0 spiro atoms. The molecular formula is C12H3Br2Cl3N2S. The monoisotopic (exact) mass is 470 g/mol. The summed E-state index contributed by atoms with van der Waals surface area (Å²) >= 11 is 26.5. The third-order valence-corrected chi connectivity index (χ3v) is 5.41. The number of rotatable bonds is 1. The Morgan fingerprint density at radius 3 is 2.40 bits per heavy atom. The maximum absolute atomic E-state index is 6.25. The van der Waals surface area contributed by atoms with Crippen LogP contribution in [0.2, 0.25) is 13.8 Å². The second-order valence-corrected chi connectivity index (χ2v) is 8.27. The van der Waals surface area contributed by atoms with Gasteiger partial charge in [-0.25, -0.2) is 9.97 Å².